The maximum atomic E-state index is 13.8. The molecule has 0 bridgehead atoms. The maximum Gasteiger partial charge on any atom is 0.259 e. The number of rotatable bonds is 5. The second kappa shape index (κ2) is 8.72. The van der Waals surface area contributed by atoms with Crippen molar-refractivity contribution in [3.8, 4) is 11.8 Å². The summed E-state index contributed by atoms with van der Waals surface area (Å²) in [5, 5.41) is 7.83. The summed E-state index contributed by atoms with van der Waals surface area (Å²) in [5.41, 5.74) is 10.5. The molecule has 0 radical (unpaired) electrons. The number of imidazole rings is 1. The largest absolute Gasteiger partial charge is 0.383 e. The number of carbonyl (C=O) groups is 1. The van der Waals surface area contributed by atoms with Crippen molar-refractivity contribution in [2.75, 3.05) is 18.2 Å². The summed E-state index contributed by atoms with van der Waals surface area (Å²) in [7, 11) is 1.64. The number of ether oxygens (including phenoxy) is 1. The monoisotopic (exact) mass is 492 g/mol. The Morgan fingerprint density at radius 1 is 1.16 bits per heavy atom. The first-order valence-electron chi connectivity index (χ1n) is 11.8. The molecule has 4 aromatic heterocycles. The zero-order valence-electron chi connectivity index (χ0n) is 20.4. The number of methoxy groups -OCH3 is 1. The topological polar surface area (TPSA) is 125 Å². The molecule has 1 saturated carbocycles. The summed E-state index contributed by atoms with van der Waals surface area (Å²) in [6, 6.07) is 11.2. The Labute approximate surface area is 212 Å². The van der Waals surface area contributed by atoms with Crippen molar-refractivity contribution in [1.29, 1.82) is 0 Å². The normalized spacial score (nSPS) is 13.9. The number of nitrogens with two attached hydrogens (primary N) is 1. The fourth-order valence-corrected chi connectivity index (χ4v) is 4.49. The first-order chi connectivity index (χ1) is 18.0. The Kier molecular flexibility index (Phi) is 5.35. The highest BCUT2D eigenvalue weighted by atomic mass is 16.5. The maximum absolute atomic E-state index is 13.8. The second-order valence-corrected chi connectivity index (χ2v) is 9.28. The molecule has 1 aromatic carbocycles. The average molecular weight is 493 g/mol. The third kappa shape index (κ3) is 3.95. The second-order valence-electron chi connectivity index (χ2n) is 9.28. The van der Waals surface area contributed by atoms with Crippen molar-refractivity contribution >= 4 is 34.1 Å². The highest BCUT2D eigenvalue weighted by Crippen LogP contribution is 2.47. The van der Waals surface area contributed by atoms with Gasteiger partial charge >= 0.3 is 0 Å². The van der Waals surface area contributed by atoms with E-state index in [0.29, 0.717) is 45.9 Å². The Morgan fingerprint density at radius 3 is 2.73 bits per heavy atom. The number of anilines is 2. The number of hydrogen-bond donors (Lipinski definition) is 2. The minimum absolute atomic E-state index is 0.221. The van der Waals surface area contributed by atoms with Crippen LogP contribution >= 0.6 is 0 Å². The molecule has 5 aromatic rings. The van der Waals surface area contributed by atoms with Crippen LogP contribution in [0, 0.1) is 11.8 Å². The summed E-state index contributed by atoms with van der Waals surface area (Å²) < 4.78 is 8.87. The van der Waals surface area contributed by atoms with Gasteiger partial charge in [0, 0.05) is 24.5 Å². The molecule has 6 rings (SSSR count). The van der Waals surface area contributed by atoms with E-state index in [1.54, 1.807) is 24.0 Å². The van der Waals surface area contributed by atoms with Crippen molar-refractivity contribution in [2.45, 2.75) is 31.9 Å². The number of fused-ring (bicyclic) bond motifs is 2. The van der Waals surface area contributed by atoms with Gasteiger partial charge in [-0.15, -0.1) is 0 Å². The third-order valence-electron chi connectivity index (χ3n) is 6.63. The van der Waals surface area contributed by atoms with Gasteiger partial charge in [0.05, 0.1) is 23.8 Å². The van der Waals surface area contributed by atoms with Crippen LogP contribution in [0.25, 0.3) is 16.7 Å². The molecule has 0 aliphatic heterocycles. The Morgan fingerprint density at radius 2 is 1.97 bits per heavy atom. The summed E-state index contributed by atoms with van der Waals surface area (Å²) in [5.74, 6) is 6.30. The van der Waals surface area contributed by atoms with E-state index < -0.39 is 0 Å². The van der Waals surface area contributed by atoms with E-state index in [-0.39, 0.29) is 17.3 Å². The van der Waals surface area contributed by atoms with Crippen molar-refractivity contribution in [3.63, 3.8) is 0 Å². The molecule has 10 nitrogen and oxygen atoms in total. The van der Waals surface area contributed by atoms with E-state index in [1.807, 2.05) is 41.0 Å². The van der Waals surface area contributed by atoms with E-state index in [4.69, 9.17) is 10.5 Å². The van der Waals surface area contributed by atoms with Gasteiger partial charge in [0.1, 0.15) is 29.2 Å². The average Bonchev–Trinajstić information content (AvgIpc) is 3.35. The number of carbonyl (C=O) groups excluding carboxylic acids is 1. The quantitative estimate of drug-likeness (QED) is 0.360. The van der Waals surface area contributed by atoms with Crippen LogP contribution in [-0.2, 0) is 16.9 Å². The number of amides is 1. The van der Waals surface area contributed by atoms with Gasteiger partial charge in [-0.05, 0) is 61.4 Å². The van der Waals surface area contributed by atoms with E-state index in [1.165, 1.54) is 6.33 Å². The van der Waals surface area contributed by atoms with Crippen molar-refractivity contribution < 1.29 is 9.53 Å². The molecular weight excluding hydrogens is 468 g/mol. The number of nitrogens with zero attached hydrogens (tertiary/aromatic N) is 6. The molecule has 0 unspecified atom stereocenters. The van der Waals surface area contributed by atoms with Crippen LogP contribution in [0.1, 0.15) is 47.1 Å². The molecule has 1 aliphatic carbocycles. The molecule has 37 heavy (non-hydrogen) atoms. The van der Waals surface area contributed by atoms with Gasteiger partial charge < -0.3 is 20.4 Å². The number of hydrogen-bond acceptors (Lipinski definition) is 7. The lowest BCUT2D eigenvalue weighted by molar-refractivity contribution is 0.102. The van der Waals surface area contributed by atoms with Crippen LogP contribution in [0.5, 0.6) is 0 Å². The molecule has 1 fully saturated rings. The van der Waals surface area contributed by atoms with Gasteiger partial charge in [-0.2, -0.15) is 5.10 Å². The van der Waals surface area contributed by atoms with Crippen molar-refractivity contribution in [3.05, 3.63) is 77.6 Å². The van der Waals surface area contributed by atoms with E-state index in [0.717, 1.165) is 18.4 Å². The molecule has 3 N–H and O–H groups in total. The minimum Gasteiger partial charge on any atom is -0.383 e. The molecule has 1 aliphatic rings. The molecule has 1 amide bonds. The lowest BCUT2D eigenvalue weighted by atomic mass is 10.1. The van der Waals surface area contributed by atoms with Gasteiger partial charge in [-0.25, -0.2) is 19.5 Å². The highest BCUT2D eigenvalue weighted by Gasteiger charge is 2.44. The molecule has 184 valence electrons. The van der Waals surface area contributed by atoms with E-state index in [2.05, 4.69) is 44.1 Å². The fourth-order valence-electron chi connectivity index (χ4n) is 4.49. The van der Waals surface area contributed by atoms with Gasteiger partial charge in [-0.3, -0.25) is 4.79 Å². The van der Waals surface area contributed by atoms with E-state index in [9.17, 15) is 4.79 Å². The van der Waals surface area contributed by atoms with Crippen molar-refractivity contribution in [2.24, 2.45) is 0 Å². The smallest absolute Gasteiger partial charge is 0.259 e. The fraction of sp³-hybridized carbons (Fsp3) is 0.222. The van der Waals surface area contributed by atoms with Crippen LogP contribution in [0.15, 0.2) is 55.1 Å². The zero-order chi connectivity index (χ0) is 25.6. The number of nitrogens with one attached hydrogen (secondary N) is 1. The first-order valence-corrected chi connectivity index (χ1v) is 11.8. The number of aromatic nitrogens is 6. The van der Waals surface area contributed by atoms with Crippen LogP contribution in [0.3, 0.4) is 0 Å². The summed E-state index contributed by atoms with van der Waals surface area (Å²) in [4.78, 5) is 26.9. The molecule has 0 atom stereocenters. The number of nitrogen functional groups attached to an aromatic ring is 1. The number of benzene rings is 1. The first kappa shape index (κ1) is 22.7. The Balaban J connectivity index is 1.51. The van der Waals surface area contributed by atoms with Gasteiger partial charge in [-0.1, -0.05) is 12.1 Å². The van der Waals surface area contributed by atoms with Crippen molar-refractivity contribution in [1.82, 2.24) is 29.1 Å². The summed E-state index contributed by atoms with van der Waals surface area (Å²) >= 11 is 0. The third-order valence-corrected chi connectivity index (χ3v) is 6.63. The standard InChI is InChI=1S/C27H24N8O2/c1-27(11-12-27)34-20(10-9-19-14-29-21-4-3-13-32-35(19)21)22(23-24(28)30-16-31-25(23)34)26(36)33-18-7-5-17(6-8-18)15-37-2/h3-8,13-14,16H,11-12,15H2,1-2H3,(H,33,36)(H2,28,30,31). The molecule has 10 heteroatoms. The van der Waals surface area contributed by atoms with Crippen LogP contribution in [0.2, 0.25) is 0 Å². The predicted octanol–water partition coefficient (Wildman–Crippen LogP) is 3.36. The zero-order valence-corrected chi connectivity index (χ0v) is 20.4. The van der Waals surface area contributed by atoms with E-state index >= 15 is 0 Å². The lowest BCUT2D eigenvalue weighted by Gasteiger charge is -2.14. The lowest BCUT2D eigenvalue weighted by Crippen LogP contribution is -2.18. The SMILES string of the molecule is COCc1ccc(NC(=O)c2c(C#Cc3cnc4cccnn34)n(C3(C)CC3)c3ncnc(N)c23)cc1. The Bertz CT molecular complexity index is 1720. The molecular formula is C27H24N8O2. The van der Waals surface area contributed by atoms with Crippen LogP contribution < -0.4 is 11.1 Å². The summed E-state index contributed by atoms with van der Waals surface area (Å²) in [6.45, 7) is 2.62. The van der Waals surface area contributed by atoms with Crippen LogP contribution in [0.4, 0.5) is 11.5 Å². The van der Waals surface area contributed by atoms with Gasteiger partial charge in [0.15, 0.2) is 5.65 Å². The molecule has 0 spiro atoms. The molecule has 0 saturated heterocycles. The molecule has 4 heterocycles. The van der Waals surface area contributed by atoms with Gasteiger partial charge in [0.25, 0.3) is 5.91 Å². The van der Waals surface area contributed by atoms with Crippen LogP contribution in [-0.4, -0.2) is 42.2 Å². The van der Waals surface area contributed by atoms with Gasteiger partial charge in [0.2, 0.25) is 0 Å². The Hall–Kier alpha value is -4.75. The summed E-state index contributed by atoms with van der Waals surface area (Å²) in [6.07, 6.45) is 6.64. The minimum atomic E-state index is -0.338. The predicted molar refractivity (Wildman–Crippen MR) is 139 cm³/mol. The highest BCUT2D eigenvalue weighted by molar-refractivity contribution is 6.16.